The van der Waals surface area contributed by atoms with Crippen molar-refractivity contribution in [3.8, 4) is 11.5 Å². The first kappa shape index (κ1) is 20.6. The molecule has 27 heavy (non-hydrogen) atoms. The van der Waals surface area contributed by atoms with Crippen LogP contribution >= 0.6 is 11.8 Å². The van der Waals surface area contributed by atoms with E-state index in [0.29, 0.717) is 22.9 Å². The molecular weight excluding hydrogens is 373 g/mol. The van der Waals surface area contributed by atoms with Gasteiger partial charge in [0.25, 0.3) is 5.91 Å². The number of benzene rings is 2. The van der Waals surface area contributed by atoms with E-state index in [9.17, 15) is 14.0 Å². The summed E-state index contributed by atoms with van der Waals surface area (Å²) >= 11 is 1.41. The van der Waals surface area contributed by atoms with Crippen molar-refractivity contribution in [3.05, 3.63) is 48.3 Å². The molecule has 1 amide bonds. The molecule has 0 atom stereocenters. The van der Waals surface area contributed by atoms with Gasteiger partial charge >= 0.3 is 5.97 Å². The SMILES string of the molecule is COc1ccc(NC(=O)COC(=O)CCSc2ccc(F)cc2)cc1OC. The Kier molecular flexibility index (Phi) is 7.94. The van der Waals surface area contributed by atoms with Crippen molar-refractivity contribution in [2.45, 2.75) is 11.3 Å². The average Bonchev–Trinajstić information content (AvgIpc) is 2.67. The Hall–Kier alpha value is -2.74. The largest absolute Gasteiger partial charge is 0.493 e. The van der Waals surface area contributed by atoms with E-state index in [1.54, 1.807) is 30.3 Å². The van der Waals surface area contributed by atoms with Crippen LogP contribution in [-0.2, 0) is 14.3 Å². The lowest BCUT2D eigenvalue weighted by Crippen LogP contribution is -2.21. The number of hydrogen-bond acceptors (Lipinski definition) is 6. The third kappa shape index (κ3) is 6.82. The molecule has 0 aromatic heterocycles. The van der Waals surface area contributed by atoms with E-state index in [1.807, 2.05) is 0 Å². The van der Waals surface area contributed by atoms with Gasteiger partial charge in [0, 0.05) is 22.4 Å². The summed E-state index contributed by atoms with van der Waals surface area (Å²) in [6.45, 7) is -0.381. The number of anilines is 1. The number of rotatable bonds is 9. The maximum absolute atomic E-state index is 12.8. The van der Waals surface area contributed by atoms with Crippen molar-refractivity contribution in [1.29, 1.82) is 0 Å². The van der Waals surface area contributed by atoms with Crippen LogP contribution in [-0.4, -0.2) is 38.5 Å². The number of ether oxygens (including phenoxy) is 3. The van der Waals surface area contributed by atoms with Crippen LogP contribution in [0.25, 0.3) is 0 Å². The molecule has 0 aliphatic rings. The van der Waals surface area contributed by atoms with Gasteiger partial charge in [-0.3, -0.25) is 9.59 Å². The highest BCUT2D eigenvalue weighted by atomic mass is 32.2. The highest BCUT2D eigenvalue weighted by Gasteiger charge is 2.10. The number of esters is 1. The summed E-state index contributed by atoms with van der Waals surface area (Å²) < 4.78 is 28.1. The monoisotopic (exact) mass is 393 g/mol. The zero-order valence-electron chi connectivity index (χ0n) is 15.0. The summed E-state index contributed by atoms with van der Waals surface area (Å²) in [5.41, 5.74) is 0.501. The Morgan fingerprint density at radius 3 is 2.41 bits per heavy atom. The summed E-state index contributed by atoms with van der Waals surface area (Å²) in [5.74, 6) is 0.251. The van der Waals surface area contributed by atoms with Crippen molar-refractivity contribution in [3.63, 3.8) is 0 Å². The van der Waals surface area contributed by atoms with Gasteiger partial charge in [0.15, 0.2) is 18.1 Å². The summed E-state index contributed by atoms with van der Waals surface area (Å²) in [5, 5.41) is 2.62. The average molecular weight is 393 g/mol. The number of halogens is 1. The Balaban J connectivity index is 1.71. The zero-order chi connectivity index (χ0) is 19.6. The predicted molar refractivity (Wildman–Crippen MR) is 101 cm³/mol. The van der Waals surface area contributed by atoms with Crippen LogP contribution in [0.2, 0.25) is 0 Å². The van der Waals surface area contributed by atoms with Crippen LogP contribution in [0.1, 0.15) is 6.42 Å². The molecule has 8 heteroatoms. The number of carbonyl (C=O) groups is 2. The van der Waals surface area contributed by atoms with E-state index in [2.05, 4.69) is 5.32 Å². The highest BCUT2D eigenvalue weighted by molar-refractivity contribution is 7.99. The Labute approximate surface area is 161 Å². The lowest BCUT2D eigenvalue weighted by Gasteiger charge is -2.10. The number of hydrogen-bond donors (Lipinski definition) is 1. The van der Waals surface area contributed by atoms with Gasteiger partial charge in [0.1, 0.15) is 5.82 Å². The minimum absolute atomic E-state index is 0.145. The van der Waals surface area contributed by atoms with Crippen LogP contribution in [0.15, 0.2) is 47.4 Å². The molecule has 2 aromatic carbocycles. The van der Waals surface area contributed by atoms with E-state index in [4.69, 9.17) is 14.2 Å². The second kappa shape index (κ2) is 10.4. The van der Waals surface area contributed by atoms with Crippen molar-refractivity contribution < 1.29 is 28.2 Å². The van der Waals surface area contributed by atoms with Gasteiger partial charge in [-0.25, -0.2) is 4.39 Å². The number of thioether (sulfide) groups is 1. The summed E-state index contributed by atoms with van der Waals surface area (Å²) in [7, 11) is 3.01. The summed E-state index contributed by atoms with van der Waals surface area (Å²) in [6, 6.07) is 10.9. The molecule has 0 bridgehead atoms. The molecule has 2 aromatic rings. The number of nitrogens with one attached hydrogen (secondary N) is 1. The minimum Gasteiger partial charge on any atom is -0.493 e. The number of methoxy groups -OCH3 is 2. The Morgan fingerprint density at radius 2 is 1.74 bits per heavy atom. The summed E-state index contributed by atoms with van der Waals surface area (Å²) in [6.07, 6.45) is 0.145. The molecular formula is C19H20FNO5S. The maximum Gasteiger partial charge on any atom is 0.307 e. The van der Waals surface area contributed by atoms with Crippen molar-refractivity contribution in [1.82, 2.24) is 0 Å². The van der Waals surface area contributed by atoms with Gasteiger partial charge in [-0.2, -0.15) is 0 Å². The first-order valence-corrected chi connectivity index (χ1v) is 9.06. The van der Waals surface area contributed by atoms with Crippen LogP contribution in [0, 0.1) is 5.82 Å². The quantitative estimate of drug-likeness (QED) is 0.519. The second-order valence-corrected chi connectivity index (χ2v) is 6.50. The first-order chi connectivity index (χ1) is 13.0. The molecule has 1 N–H and O–H groups in total. The van der Waals surface area contributed by atoms with E-state index >= 15 is 0 Å². The van der Waals surface area contributed by atoms with Gasteiger partial charge in [-0.05, 0) is 36.4 Å². The molecule has 0 aliphatic heterocycles. The third-order valence-corrected chi connectivity index (χ3v) is 4.43. The lowest BCUT2D eigenvalue weighted by molar-refractivity contribution is -0.146. The fraction of sp³-hybridized carbons (Fsp3) is 0.263. The fourth-order valence-electron chi connectivity index (χ4n) is 2.11. The molecule has 0 spiro atoms. The Bertz CT molecular complexity index is 782. The molecule has 0 saturated heterocycles. The minimum atomic E-state index is -0.480. The van der Waals surface area contributed by atoms with Crippen LogP contribution in [0.5, 0.6) is 11.5 Å². The standard InChI is InChI=1S/C19H20FNO5S/c1-24-16-8-5-14(11-17(16)25-2)21-18(22)12-26-19(23)9-10-27-15-6-3-13(20)4-7-15/h3-8,11H,9-10,12H2,1-2H3,(H,21,22). The molecule has 144 valence electrons. The smallest absolute Gasteiger partial charge is 0.307 e. The molecule has 2 rings (SSSR count). The second-order valence-electron chi connectivity index (χ2n) is 5.33. The number of carbonyl (C=O) groups excluding carboxylic acids is 2. The van der Waals surface area contributed by atoms with Gasteiger partial charge in [-0.15, -0.1) is 11.8 Å². The molecule has 6 nitrogen and oxygen atoms in total. The van der Waals surface area contributed by atoms with E-state index in [0.717, 1.165) is 4.90 Å². The molecule has 0 fully saturated rings. The topological polar surface area (TPSA) is 73.9 Å². The van der Waals surface area contributed by atoms with Crippen molar-refractivity contribution in [2.75, 3.05) is 31.9 Å². The zero-order valence-corrected chi connectivity index (χ0v) is 15.8. The molecule has 0 unspecified atom stereocenters. The fourth-order valence-corrected chi connectivity index (χ4v) is 2.95. The highest BCUT2D eigenvalue weighted by Crippen LogP contribution is 2.29. The molecule has 0 aliphatic carbocycles. The van der Waals surface area contributed by atoms with Crippen LogP contribution in [0.3, 0.4) is 0 Å². The maximum atomic E-state index is 12.8. The summed E-state index contributed by atoms with van der Waals surface area (Å²) in [4.78, 5) is 24.5. The van der Waals surface area contributed by atoms with Crippen LogP contribution < -0.4 is 14.8 Å². The van der Waals surface area contributed by atoms with Gasteiger partial charge in [0.2, 0.25) is 0 Å². The van der Waals surface area contributed by atoms with Crippen molar-refractivity contribution >= 4 is 29.3 Å². The first-order valence-electron chi connectivity index (χ1n) is 8.07. The van der Waals surface area contributed by atoms with Crippen molar-refractivity contribution in [2.24, 2.45) is 0 Å². The lowest BCUT2D eigenvalue weighted by atomic mass is 10.2. The third-order valence-electron chi connectivity index (χ3n) is 3.42. The van der Waals surface area contributed by atoms with E-state index in [1.165, 1.54) is 38.1 Å². The normalized spacial score (nSPS) is 10.2. The van der Waals surface area contributed by atoms with Gasteiger partial charge in [-0.1, -0.05) is 0 Å². The van der Waals surface area contributed by atoms with E-state index < -0.39 is 11.9 Å². The molecule has 0 saturated carbocycles. The molecule has 0 radical (unpaired) electrons. The molecule has 0 heterocycles. The predicted octanol–water partition coefficient (Wildman–Crippen LogP) is 3.51. The van der Waals surface area contributed by atoms with E-state index in [-0.39, 0.29) is 18.8 Å². The van der Waals surface area contributed by atoms with Gasteiger partial charge < -0.3 is 19.5 Å². The number of amides is 1. The van der Waals surface area contributed by atoms with Gasteiger partial charge in [0.05, 0.1) is 20.6 Å². The van der Waals surface area contributed by atoms with Crippen LogP contribution in [0.4, 0.5) is 10.1 Å². The Morgan fingerprint density at radius 1 is 1.04 bits per heavy atom.